The molecule has 1 nitrogen and oxygen atoms in total. The normalized spacial score (nSPS) is 10.8. The highest BCUT2D eigenvalue weighted by molar-refractivity contribution is 5.81. The molecule has 0 aliphatic rings. The van der Waals surface area contributed by atoms with E-state index >= 15 is 0 Å². The van der Waals surface area contributed by atoms with E-state index in [0.29, 0.717) is 5.92 Å². The zero-order valence-corrected chi connectivity index (χ0v) is 13.8. The van der Waals surface area contributed by atoms with Crippen LogP contribution in [0.3, 0.4) is 0 Å². The van der Waals surface area contributed by atoms with Crippen LogP contribution in [0.2, 0.25) is 0 Å². The summed E-state index contributed by atoms with van der Waals surface area (Å²) >= 11 is 0. The molecule has 21 heavy (non-hydrogen) atoms. The summed E-state index contributed by atoms with van der Waals surface area (Å²) in [5.74, 6) is 0.474. The Morgan fingerprint density at radius 1 is 1.00 bits per heavy atom. The lowest BCUT2D eigenvalue weighted by atomic mass is 9.89. The molecule has 0 aliphatic carbocycles. The van der Waals surface area contributed by atoms with Crippen molar-refractivity contribution in [2.24, 2.45) is 0 Å². The summed E-state index contributed by atoms with van der Waals surface area (Å²) < 4.78 is 0. The monoisotopic (exact) mass is 279 g/mol. The van der Waals surface area contributed by atoms with E-state index in [-0.39, 0.29) is 0 Å². The second-order valence-corrected chi connectivity index (χ2v) is 6.17. The fourth-order valence-corrected chi connectivity index (χ4v) is 2.49. The molecule has 2 aromatic carbocycles. The summed E-state index contributed by atoms with van der Waals surface area (Å²) in [6.07, 6.45) is 0. The molecule has 0 heterocycles. The summed E-state index contributed by atoms with van der Waals surface area (Å²) in [6.45, 7) is 10.9. The van der Waals surface area contributed by atoms with Crippen molar-refractivity contribution in [2.45, 2.75) is 26.7 Å². The first-order valence-corrected chi connectivity index (χ1v) is 7.47. The average molecular weight is 279 g/mol. The van der Waals surface area contributed by atoms with Crippen molar-refractivity contribution in [1.82, 2.24) is 0 Å². The molecule has 1 heteroatoms. The summed E-state index contributed by atoms with van der Waals surface area (Å²) in [6, 6.07) is 15.2. The number of hydrogen-bond acceptors (Lipinski definition) is 1. The number of aryl methyl sites for hydroxylation is 1. The molecule has 0 aromatic heterocycles. The van der Waals surface area contributed by atoms with Crippen molar-refractivity contribution >= 4 is 11.3 Å². The van der Waals surface area contributed by atoms with E-state index in [1.165, 1.54) is 27.9 Å². The standard InChI is InChI=1S/C20H25N/c1-14(2)20-13-18(21(5)6)11-12-19(20)16(4)17-9-7-15(3)8-10-17/h7-14H,4H2,1-3,5-6H3. The number of benzene rings is 2. The lowest BCUT2D eigenvalue weighted by Crippen LogP contribution is -2.10. The molecular formula is C20H25N. The number of nitrogens with zero attached hydrogens (tertiary/aromatic N) is 1. The van der Waals surface area contributed by atoms with Crippen LogP contribution in [-0.2, 0) is 0 Å². The predicted molar refractivity (Wildman–Crippen MR) is 94.2 cm³/mol. The second-order valence-electron chi connectivity index (χ2n) is 6.17. The molecule has 0 saturated carbocycles. The molecule has 110 valence electrons. The number of hydrogen-bond donors (Lipinski definition) is 0. The van der Waals surface area contributed by atoms with Gasteiger partial charge in [0, 0.05) is 19.8 Å². The first-order valence-electron chi connectivity index (χ1n) is 7.47. The van der Waals surface area contributed by atoms with Crippen LogP contribution in [0.1, 0.15) is 42.0 Å². The van der Waals surface area contributed by atoms with Crippen molar-refractivity contribution in [1.29, 1.82) is 0 Å². The van der Waals surface area contributed by atoms with Gasteiger partial charge in [-0.2, -0.15) is 0 Å². The first kappa shape index (κ1) is 15.4. The maximum Gasteiger partial charge on any atom is 0.0364 e. The van der Waals surface area contributed by atoms with Crippen LogP contribution in [0.25, 0.3) is 5.57 Å². The van der Waals surface area contributed by atoms with Crippen LogP contribution in [0.4, 0.5) is 5.69 Å². The maximum atomic E-state index is 4.33. The van der Waals surface area contributed by atoms with Crippen molar-refractivity contribution < 1.29 is 0 Å². The Morgan fingerprint density at radius 3 is 2.14 bits per heavy atom. The zero-order chi connectivity index (χ0) is 15.6. The minimum atomic E-state index is 0.474. The van der Waals surface area contributed by atoms with Gasteiger partial charge in [0.15, 0.2) is 0 Å². The Kier molecular flexibility index (Phi) is 4.52. The van der Waals surface area contributed by atoms with Crippen molar-refractivity contribution in [3.8, 4) is 0 Å². The smallest absolute Gasteiger partial charge is 0.0364 e. The minimum absolute atomic E-state index is 0.474. The first-order chi connectivity index (χ1) is 9.90. The fraction of sp³-hybridized carbons (Fsp3) is 0.300. The second kappa shape index (κ2) is 6.17. The van der Waals surface area contributed by atoms with Gasteiger partial charge < -0.3 is 4.90 Å². The molecule has 0 N–H and O–H groups in total. The molecule has 0 bridgehead atoms. The van der Waals surface area contributed by atoms with Crippen molar-refractivity contribution in [3.63, 3.8) is 0 Å². The molecule has 0 spiro atoms. The van der Waals surface area contributed by atoms with Crippen LogP contribution in [0.5, 0.6) is 0 Å². The molecule has 0 unspecified atom stereocenters. The molecule has 0 amide bonds. The lowest BCUT2D eigenvalue weighted by molar-refractivity contribution is 0.861. The summed E-state index contributed by atoms with van der Waals surface area (Å²) in [5.41, 5.74) is 7.41. The van der Waals surface area contributed by atoms with Gasteiger partial charge in [0.05, 0.1) is 0 Å². The molecule has 0 aliphatic heterocycles. The van der Waals surface area contributed by atoms with Crippen LogP contribution in [-0.4, -0.2) is 14.1 Å². The van der Waals surface area contributed by atoms with Crippen molar-refractivity contribution in [2.75, 3.05) is 19.0 Å². The Balaban J connectivity index is 2.47. The third-order valence-electron chi connectivity index (χ3n) is 3.90. The molecular weight excluding hydrogens is 254 g/mol. The summed E-state index contributed by atoms with van der Waals surface area (Å²) in [5, 5.41) is 0. The van der Waals surface area contributed by atoms with Gasteiger partial charge in [-0.25, -0.2) is 0 Å². The van der Waals surface area contributed by atoms with Crippen LogP contribution >= 0.6 is 0 Å². The highest BCUT2D eigenvalue weighted by Crippen LogP contribution is 2.32. The lowest BCUT2D eigenvalue weighted by Gasteiger charge is -2.20. The number of rotatable bonds is 4. The summed E-state index contributed by atoms with van der Waals surface area (Å²) in [7, 11) is 4.15. The fourth-order valence-electron chi connectivity index (χ4n) is 2.49. The van der Waals surface area contributed by atoms with Gasteiger partial charge in [0.1, 0.15) is 0 Å². The predicted octanol–water partition coefficient (Wildman–Crippen LogP) is 5.25. The van der Waals surface area contributed by atoms with Gasteiger partial charge in [-0.1, -0.05) is 56.3 Å². The highest BCUT2D eigenvalue weighted by Gasteiger charge is 2.12. The third kappa shape index (κ3) is 3.36. The van der Waals surface area contributed by atoms with Crippen LogP contribution in [0.15, 0.2) is 49.0 Å². The Bertz CT molecular complexity index is 633. The van der Waals surface area contributed by atoms with Gasteiger partial charge in [0.25, 0.3) is 0 Å². The van der Waals surface area contributed by atoms with Gasteiger partial charge in [-0.15, -0.1) is 0 Å². The maximum absolute atomic E-state index is 4.33. The molecule has 0 fully saturated rings. The average Bonchev–Trinajstić information content (AvgIpc) is 2.46. The van der Waals surface area contributed by atoms with E-state index in [2.05, 4.69) is 88.8 Å². The van der Waals surface area contributed by atoms with E-state index in [1.54, 1.807) is 0 Å². The van der Waals surface area contributed by atoms with E-state index in [1.807, 2.05) is 0 Å². The third-order valence-corrected chi connectivity index (χ3v) is 3.90. The Hall–Kier alpha value is -2.02. The highest BCUT2D eigenvalue weighted by atomic mass is 15.1. The Labute approximate surface area is 128 Å². The van der Waals surface area contributed by atoms with E-state index in [0.717, 1.165) is 5.57 Å². The molecule has 0 radical (unpaired) electrons. The SMILES string of the molecule is C=C(c1ccc(C)cc1)c1ccc(N(C)C)cc1C(C)C. The van der Waals surface area contributed by atoms with Gasteiger partial charge >= 0.3 is 0 Å². The van der Waals surface area contributed by atoms with E-state index < -0.39 is 0 Å². The van der Waals surface area contributed by atoms with E-state index in [4.69, 9.17) is 0 Å². The van der Waals surface area contributed by atoms with E-state index in [9.17, 15) is 0 Å². The molecule has 2 aromatic rings. The van der Waals surface area contributed by atoms with Crippen LogP contribution < -0.4 is 4.90 Å². The molecule has 0 saturated heterocycles. The van der Waals surface area contributed by atoms with Gasteiger partial charge in [0.2, 0.25) is 0 Å². The van der Waals surface area contributed by atoms with Crippen molar-refractivity contribution in [3.05, 3.63) is 71.3 Å². The molecule has 0 atom stereocenters. The van der Waals surface area contributed by atoms with Gasteiger partial charge in [-0.3, -0.25) is 0 Å². The zero-order valence-electron chi connectivity index (χ0n) is 13.8. The Morgan fingerprint density at radius 2 is 1.62 bits per heavy atom. The van der Waals surface area contributed by atoms with Gasteiger partial charge in [-0.05, 0) is 47.2 Å². The minimum Gasteiger partial charge on any atom is -0.378 e. The molecule has 2 rings (SSSR count). The number of anilines is 1. The van der Waals surface area contributed by atoms with Crippen LogP contribution in [0, 0.1) is 6.92 Å². The largest absolute Gasteiger partial charge is 0.378 e. The summed E-state index contributed by atoms with van der Waals surface area (Å²) in [4.78, 5) is 2.14. The quantitative estimate of drug-likeness (QED) is 0.739. The topological polar surface area (TPSA) is 3.24 Å².